The Morgan fingerprint density at radius 3 is 2.74 bits per heavy atom. The van der Waals surface area contributed by atoms with Crippen molar-refractivity contribution in [2.45, 2.75) is 25.9 Å². The highest BCUT2D eigenvalue weighted by molar-refractivity contribution is 7.84. The van der Waals surface area contributed by atoms with E-state index >= 15 is 0 Å². The third-order valence-corrected chi connectivity index (χ3v) is 3.63. The summed E-state index contributed by atoms with van der Waals surface area (Å²) in [5.41, 5.74) is 5.72. The molecule has 0 aliphatic rings. The van der Waals surface area contributed by atoms with Crippen LogP contribution < -0.4 is 11.1 Å². The molecule has 0 saturated carbocycles. The van der Waals surface area contributed by atoms with E-state index in [0.29, 0.717) is 17.9 Å². The number of carbonyl (C=O) groups is 1. The quantitative estimate of drug-likeness (QED) is 0.790. The molecule has 1 rings (SSSR count). The van der Waals surface area contributed by atoms with Gasteiger partial charge in [0.05, 0.1) is 0 Å². The lowest BCUT2D eigenvalue weighted by atomic mass is 10.1. The van der Waals surface area contributed by atoms with Gasteiger partial charge in [-0.2, -0.15) is 0 Å². The Morgan fingerprint density at radius 1 is 1.53 bits per heavy atom. The maximum atomic E-state index is 13.7. The maximum Gasteiger partial charge on any atom is 0.248 e. The SMILES string of the molecule is CC(CCS(C)=O)NCc1ccc(C(N)=O)cc1F. The molecule has 0 aliphatic heterocycles. The van der Waals surface area contributed by atoms with Crippen molar-refractivity contribution in [2.24, 2.45) is 5.73 Å². The number of hydrogen-bond acceptors (Lipinski definition) is 3. The minimum Gasteiger partial charge on any atom is -0.366 e. The summed E-state index contributed by atoms with van der Waals surface area (Å²) in [5, 5.41) is 3.15. The summed E-state index contributed by atoms with van der Waals surface area (Å²) in [5.74, 6) is -0.468. The van der Waals surface area contributed by atoms with Crippen LogP contribution in [0.1, 0.15) is 29.3 Å². The van der Waals surface area contributed by atoms with Crippen molar-refractivity contribution in [2.75, 3.05) is 12.0 Å². The van der Waals surface area contributed by atoms with Crippen LogP contribution >= 0.6 is 0 Å². The maximum absolute atomic E-state index is 13.7. The van der Waals surface area contributed by atoms with Crippen molar-refractivity contribution in [3.63, 3.8) is 0 Å². The van der Waals surface area contributed by atoms with Crippen LogP contribution in [0.5, 0.6) is 0 Å². The third kappa shape index (κ3) is 5.48. The van der Waals surface area contributed by atoms with E-state index in [1.165, 1.54) is 6.07 Å². The van der Waals surface area contributed by atoms with Crippen LogP contribution in [0.4, 0.5) is 4.39 Å². The lowest BCUT2D eigenvalue weighted by Crippen LogP contribution is -2.27. The molecule has 0 aromatic heterocycles. The molecule has 1 aromatic carbocycles. The molecular weight excluding hydrogens is 267 g/mol. The van der Waals surface area contributed by atoms with Gasteiger partial charge in [0.25, 0.3) is 0 Å². The number of primary amides is 1. The van der Waals surface area contributed by atoms with E-state index in [-0.39, 0.29) is 11.6 Å². The first-order chi connectivity index (χ1) is 8.90. The summed E-state index contributed by atoms with van der Waals surface area (Å²) in [7, 11) is -0.812. The molecule has 1 amide bonds. The highest BCUT2D eigenvalue weighted by atomic mass is 32.2. The molecule has 0 fully saturated rings. The van der Waals surface area contributed by atoms with E-state index in [4.69, 9.17) is 5.73 Å². The highest BCUT2D eigenvalue weighted by Gasteiger charge is 2.08. The smallest absolute Gasteiger partial charge is 0.248 e. The number of hydrogen-bond donors (Lipinski definition) is 2. The predicted molar refractivity (Wildman–Crippen MR) is 74.8 cm³/mol. The molecule has 106 valence electrons. The lowest BCUT2D eigenvalue weighted by molar-refractivity contribution is 0.1000. The van der Waals surface area contributed by atoms with Gasteiger partial charge in [-0.3, -0.25) is 9.00 Å². The average molecular weight is 286 g/mol. The molecule has 1 aromatic rings. The number of halogens is 1. The van der Waals surface area contributed by atoms with Gasteiger partial charge in [-0.05, 0) is 25.5 Å². The Balaban J connectivity index is 2.53. The Hall–Kier alpha value is -1.27. The predicted octanol–water partition coefficient (Wildman–Crippen LogP) is 1.17. The number of carbonyl (C=O) groups excluding carboxylic acids is 1. The Kier molecular flexibility index (Phi) is 6.11. The summed E-state index contributed by atoms with van der Waals surface area (Å²) in [6.45, 7) is 2.32. The van der Waals surface area contributed by atoms with Crippen LogP contribution in [0.15, 0.2) is 18.2 Å². The first-order valence-electron chi connectivity index (χ1n) is 6.01. The van der Waals surface area contributed by atoms with E-state index in [2.05, 4.69) is 5.32 Å². The van der Waals surface area contributed by atoms with Crippen LogP contribution in [-0.4, -0.2) is 28.2 Å². The Morgan fingerprint density at radius 2 is 2.21 bits per heavy atom. The monoisotopic (exact) mass is 286 g/mol. The minimum absolute atomic E-state index is 0.152. The van der Waals surface area contributed by atoms with E-state index in [0.717, 1.165) is 12.5 Å². The molecule has 2 unspecified atom stereocenters. The number of benzene rings is 1. The van der Waals surface area contributed by atoms with Gasteiger partial charge in [-0.25, -0.2) is 4.39 Å². The zero-order valence-electron chi connectivity index (χ0n) is 11.1. The van der Waals surface area contributed by atoms with Crippen molar-refractivity contribution >= 4 is 16.7 Å². The van der Waals surface area contributed by atoms with Crippen LogP contribution in [0.2, 0.25) is 0 Å². The summed E-state index contributed by atoms with van der Waals surface area (Å²) in [6, 6.07) is 4.35. The molecule has 0 radical (unpaired) electrons. The second kappa shape index (κ2) is 7.35. The molecule has 2 atom stereocenters. The topological polar surface area (TPSA) is 72.2 Å². The summed E-state index contributed by atoms with van der Waals surface area (Å²) in [4.78, 5) is 10.9. The molecule has 0 heterocycles. The summed E-state index contributed by atoms with van der Waals surface area (Å²) < 4.78 is 24.6. The summed E-state index contributed by atoms with van der Waals surface area (Å²) >= 11 is 0. The third-order valence-electron chi connectivity index (χ3n) is 2.82. The van der Waals surface area contributed by atoms with Crippen LogP contribution in [0, 0.1) is 5.82 Å². The van der Waals surface area contributed by atoms with Crippen molar-refractivity contribution in [1.82, 2.24) is 5.32 Å². The van der Waals surface area contributed by atoms with E-state index in [9.17, 15) is 13.4 Å². The minimum atomic E-state index is -0.812. The van der Waals surface area contributed by atoms with E-state index in [1.807, 2.05) is 6.92 Å². The summed E-state index contributed by atoms with van der Waals surface area (Å²) in [6.07, 6.45) is 2.43. The average Bonchev–Trinajstić information content (AvgIpc) is 2.34. The normalized spacial score (nSPS) is 14.1. The van der Waals surface area contributed by atoms with Gasteiger partial charge in [0.2, 0.25) is 5.91 Å². The molecule has 0 spiro atoms. The Bertz CT molecular complexity index is 480. The first kappa shape index (κ1) is 15.8. The van der Waals surface area contributed by atoms with E-state index in [1.54, 1.807) is 12.3 Å². The van der Waals surface area contributed by atoms with Gasteiger partial charge < -0.3 is 11.1 Å². The van der Waals surface area contributed by atoms with Gasteiger partial charge in [0, 0.05) is 46.5 Å². The number of nitrogens with one attached hydrogen (secondary N) is 1. The number of rotatable bonds is 7. The fraction of sp³-hybridized carbons (Fsp3) is 0.462. The zero-order chi connectivity index (χ0) is 14.4. The second-order valence-electron chi connectivity index (χ2n) is 4.52. The molecule has 3 N–H and O–H groups in total. The molecule has 0 aliphatic carbocycles. The molecule has 4 nitrogen and oxygen atoms in total. The van der Waals surface area contributed by atoms with Crippen LogP contribution in [0.25, 0.3) is 0 Å². The van der Waals surface area contributed by atoms with Gasteiger partial charge >= 0.3 is 0 Å². The lowest BCUT2D eigenvalue weighted by Gasteiger charge is -2.13. The van der Waals surface area contributed by atoms with Gasteiger partial charge in [0.1, 0.15) is 5.82 Å². The van der Waals surface area contributed by atoms with Crippen molar-refractivity contribution in [3.8, 4) is 0 Å². The Labute approximate surface area is 115 Å². The van der Waals surface area contributed by atoms with Crippen molar-refractivity contribution in [1.29, 1.82) is 0 Å². The number of amides is 1. The zero-order valence-corrected chi connectivity index (χ0v) is 11.9. The largest absolute Gasteiger partial charge is 0.366 e. The van der Waals surface area contributed by atoms with Gasteiger partial charge in [0.15, 0.2) is 0 Å². The molecule has 0 saturated heterocycles. The van der Waals surface area contributed by atoms with Crippen molar-refractivity contribution in [3.05, 3.63) is 35.1 Å². The first-order valence-corrected chi connectivity index (χ1v) is 7.74. The standard InChI is InChI=1S/C13H19FN2O2S/c1-9(5-6-19(2)18)16-8-11-4-3-10(13(15)17)7-12(11)14/h3-4,7,9,16H,5-6,8H2,1-2H3,(H2,15,17). The van der Waals surface area contributed by atoms with Crippen LogP contribution in [0.3, 0.4) is 0 Å². The highest BCUT2D eigenvalue weighted by Crippen LogP contribution is 2.10. The van der Waals surface area contributed by atoms with Crippen LogP contribution in [-0.2, 0) is 17.3 Å². The number of nitrogens with two attached hydrogens (primary N) is 1. The molecule has 0 bridgehead atoms. The fourth-order valence-corrected chi connectivity index (χ4v) is 2.26. The second-order valence-corrected chi connectivity index (χ2v) is 6.07. The molecule has 19 heavy (non-hydrogen) atoms. The van der Waals surface area contributed by atoms with Crippen molar-refractivity contribution < 1.29 is 13.4 Å². The van der Waals surface area contributed by atoms with Gasteiger partial charge in [-0.15, -0.1) is 0 Å². The molecule has 6 heteroatoms. The van der Waals surface area contributed by atoms with E-state index < -0.39 is 22.5 Å². The molecular formula is C13H19FN2O2S. The fourth-order valence-electron chi connectivity index (χ4n) is 1.57. The van der Waals surface area contributed by atoms with Gasteiger partial charge in [-0.1, -0.05) is 6.07 Å².